The molecule has 4 N–H and O–H groups in total. The molecule has 0 aliphatic rings. The summed E-state index contributed by atoms with van der Waals surface area (Å²) in [5.41, 5.74) is 6.98. The first-order valence-electron chi connectivity index (χ1n) is 6.47. The van der Waals surface area contributed by atoms with Crippen molar-refractivity contribution in [3.05, 3.63) is 59.7 Å². The van der Waals surface area contributed by atoms with E-state index in [-0.39, 0.29) is 23.1 Å². The normalized spacial score (nSPS) is 11.7. The van der Waals surface area contributed by atoms with Crippen LogP contribution in [0.25, 0.3) is 0 Å². The number of benzene rings is 2. The topological polar surface area (TPSA) is 92.4 Å². The molecular formula is C16H16N2O3. The van der Waals surface area contributed by atoms with Crippen molar-refractivity contribution < 1.29 is 14.7 Å². The maximum absolute atomic E-state index is 12.2. The van der Waals surface area contributed by atoms with Crippen LogP contribution >= 0.6 is 0 Å². The first kappa shape index (κ1) is 14.6. The summed E-state index contributed by atoms with van der Waals surface area (Å²) in [7, 11) is 0. The van der Waals surface area contributed by atoms with E-state index >= 15 is 0 Å². The van der Waals surface area contributed by atoms with Crippen LogP contribution < -0.4 is 11.1 Å². The Morgan fingerprint density at radius 3 is 2.43 bits per heavy atom. The monoisotopic (exact) mass is 284 g/mol. The molecule has 108 valence electrons. The van der Waals surface area contributed by atoms with Crippen molar-refractivity contribution in [2.75, 3.05) is 11.1 Å². The standard InChI is InChI=1S/C16H16N2O3/c1-10(11-5-3-2-4-6-11)15(19)18-14-8-7-12(17)9-13(14)16(20)21/h2-10H,17H2,1H3,(H,18,19)(H,20,21). The average Bonchev–Trinajstić information content (AvgIpc) is 2.49. The second kappa shape index (κ2) is 6.09. The molecule has 1 amide bonds. The number of rotatable bonds is 4. The molecule has 0 aliphatic heterocycles. The molecule has 0 spiro atoms. The van der Waals surface area contributed by atoms with Gasteiger partial charge in [0.2, 0.25) is 5.91 Å². The van der Waals surface area contributed by atoms with Crippen LogP contribution in [0.5, 0.6) is 0 Å². The summed E-state index contributed by atoms with van der Waals surface area (Å²) in [5.74, 6) is -1.79. The number of carboxylic acid groups (broad SMARTS) is 1. The van der Waals surface area contributed by atoms with Gasteiger partial charge in [0.1, 0.15) is 0 Å². The molecule has 0 aromatic heterocycles. The maximum Gasteiger partial charge on any atom is 0.337 e. The highest BCUT2D eigenvalue weighted by molar-refractivity contribution is 6.03. The van der Waals surface area contributed by atoms with Gasteiger partial charge in [0.15, 0.2) is 0 Å². The van der Waals surface area contributed by atoms with Crippen LogP contribution in [0.3, 0.4) is 0 Å². The third-order valence-corrected chi connectivity index (χ3v) is 3.22. The van der Waals surface area contributed by atoms with Crippen molar-refractivity contribution in [3.63, 3.8) is 0 Å². The summed E-state index contributed by atoms with van der Waals surface area (Å²) in [6.45, 7) is 1.77. The lowest BCUT2D eigenvalue weighted by Crippen LogP contribution is -2.20. The Morgan fingerprint density at radius 1 is 1.14 bits per heavy atom. The van der Waals surface area contributed by atoms with Crippen LogP contribution in [-0.2, 0) is 4.79 Å². The van der Waals surface area contributed by atoms with E-state index in [0.717, 1.165) is 5.56 Å². The smallest absolute Gasteiger partial charge is 0.337 e. The zero-order chi connectivity index (χ0) is 15.4. The quantitative estimate of drug-likeness (QED) is 0.753. The third kappa shape index (κ3) is 3.39. The number of carbonyl (C=O) groups is 2. The summed E-state index contributed by atoms with van der Waals surface area (Å²) in [6, 6.07) is 13.7. The van der Waals surface area contributed by atoms with E-state index in [1.165, 1.54) is 12.1 Å². The van der Waals surface area contributed by atoms with Crippen molar-refractivity contribution >= 4 is 23.3 Å². The van der Waals surface area contributed by atoms with Gasteiger partial charge in [-0.15, -0.1) is 0 Å². The first-order valence-corrected chi connectivity index (χ1v) is 6.47. The molecule has 1 atom stereocenters. The average molecular weight is 284 g/mol. The Labute approximate surface area is 122 Å². The van der Waals surface area contributed by atoms with Crippen LogP contribution in [0, 0.1) is 0 Å². The van der Waals surface area contributed by atoms with Crippen molar-refractivity contribution in [3.8, 4) is 0 Å². The van der Waals surface area contributed by atoms with Gasteiger partial charge in [0, 0.05) is 5.69 Å². The fourth-order valence-corrected chi connectivity index (χ4v) is 1.98. The van der Waals surface area contributed by atoms with Gasteiger partial charge in [0.25, 0.3) is 0 Å². The highest BCUT2D eigenvalue weighted by atomic mass is 16.4. The van der Waals surface area contributed by atoms with E-state index in [2.05, 4.69) is 5.32 Å². The molecule has 0 aliphatic carbocycles. The van der Waals surface area contributed by atoms with Gasteiger partial charge in [-0.05, 0) is 30.7 Å². The lowest BCUT2D eigenvalue weighted by Gasteiger charge is -2.14. The number of carboxylic acids is 1. The van der Waals surface area contributed by atoms with Crippen LogP contribution in [0.15, 0.2) is 48.5 Å². The van der Waals surface area contributed by atoms with E-state index < -0.39 is 5.97 Å². The maximum atomic E-state index is 12.2. The molecule has 0 saturated carbocycles. The predicted molar refractivity (Wildman–Crippen MR) is 81.3 cm³/mol. The molecule has 0 fully saturated rings. The third-order valence-electron chi connectivity index (χ3n) is 3.22. The fraction of sp³-hybridized carbons (Fsp3) is 0.125. The van der Waals surface area contributed by atoms with Gasteiger partial charge in [-0.1, -0.05) is 30.3 Å². The summed E-state index contributed by atoms with van der Waals surface area (Å²) in [6.07, 6.45) is 0. The molecule has 0 bridgehead atoms. The molecule has 2 rings (SSSR count). The van der Waals surface area contributed by atoms with Gasteiger partial charge >= 0.3 is 5.97 Å². The lowest BCUT2D eigenvalue weighted by atomic mass is 10.00. The molecule has 5 heteroatoms. The minimum atomic E-state index is -1.13. The number of carbonyl (C=O) groups excluding carboxylic acids is 1. The Bertz CT molecular complexity index is 668. The Balaban J connectivity index is 2.22. The van der Waals surface area contributed by atoms with Crippen molar-refractivity contribution in [1.29, 1.82) is 0 Å². The van der Waals surface area contributed by atoms with Gasteiger partial charge in [-0.25, -0.2) is 4.79 Å². The van der Waals surface area contributed by atoms with Crippen molar-refractivity contribution in [2.45, 2.75) is 12.8 Å². The number of aromatic carboxylic acids is 1. The van der Waals surface area contributed by atoms with E-state index in [1.54, 1.807) is 13.0 Å². The van der Waals surface area contributed by atoms with Gasteiger partial charge in [0.05, 0.1) is 17.2 Å². The number of nitrogens with one attached hydrogen (secondary N) is 1. The van der Waals surface area contributed by atoms with E-state index in [4.69, 9.17) is 10.8 Å². The zero-order valence-corrected chi connectivity index (χ0v) is 11.5. The summed E-state index contributed by atoms with van der Waals surface area (Å²) >= 11 is 0. The number of nitrogens with two attached hydrogens (primary N) is 1. The fourth-order valence-electron chi connectivity index (χ4n) is 1.98. The first-order chi connectivity index (χ1) is 9.99. The Kier molecular flexibility index (Phi) is 4.23. The molecular weight excluding hydrogens is 268 g/mol. The zero-order valence-electron chi connectivity index (χ0n) is 11.5. The number of hydrogen-bond donors (Lipinski definition) is 3. The number of hydrogen-bond acceptors (Lipinski definition) is 3. The van der Waals surface area contributed by atoms with Crippen LogP contribution in [0.4, 0.5) is 11.4 Å². The van der Waals surface area contributed by atoms with E-state index in [0.29, 0.717) is 5.69 Å². The molecule has 2 aromatic carbocycles. The molecule has 1 unspecified atom stereocenters. The van der Waals surface area contributed by atoms with Crippen LogP contribution in [-0.4, -0.2) is 17.0 Å². The largest absolute Gasteiger partial charge is 0.478 e. The van der Waals surface area contributed by atoms with Crippen LogP contribution in [0.1, 0.15) is 28.8 Å². The van der Waals surface area contributed by atoms with Gasteiger partial charge < -0.3 is 16.2 Å². The lowest BCUT2D eigenvalue weighted by molar-refractivity contribution is -0.117. The SMILES string of the molecule is CC(C(=O)Nc1ccc(N)cc1C(=O)O)c1ccccc1. The van der Waals surface area contributed by atoms with Gasteiger partial charge in [-0.2, -0.15) is 0 Å². The minimum Gasteiger partial charge on any atom is -0.478 e. The van der Waals surface area contributed by atoms with Crippen LogP contribution in [0.2, 0.25) is 0 Å². The highest BCUT2D eigenvalue weighted by Gasteiger charge is 2.18. The molecule has 0 heterocycles. The van der Waals surface area contributed by atoms with Gasteiger partial charge in [-0.3, -0.25) is 4.79 Å². The molecule has 5 nitrogen and oxygen atoms in total. The number of amides is 1. The predicted octanol–water partition coefficient (Wildman–Crippen LogP) is 2.71. The summed E-state index contributed by atoms with van der Waals surface area (Å²) in [4.78, 5) is 23.4. The second-order valence-corrected chi connectivity index (χ2v) is 4.73. The summed E-state index contributed by atoms with van der Waals surface area (Å²) in [5, 5.41) is 11.8. The molecule has 2 aromatic rings. The van der Waals surface area contributed by atoms with Crippen molar-refractivity contribution in [2.24, 2.45) is 0 Å². The number of nitrogen functional groups attached to an aromatic ring is 1. The summed E-state index contributed by atoms with van der Waals surface area (Å²) < 4.78 is 0. The van der Waals surface area contributed by atoms with Crippen molar-refractivity contribution in [1.82, 2.24) is 0 Å². The molecule has 0 saturated heterocycles. The molecule has 21 heavy (non-hydrogen) atoms. The molecule has 0 radical (unpaired) electrons. The Morgan fingerprint density at radius 2 is 1.81 bits per heavy atom. The van der Waals surface area contributed by atoms with E-state index in [1.807, 2.05) is 30.3 Å². The highest BCUT2D eigenvalue weighted by Crippen LogP contribution is 2.22. The number of anilines is 2. The van der Waals surface area contributed by atoms with E-state index in [9.17, 15) is 9.59 Å². The second-order valence-electron chi connectivity index (χ2n) is 4.73. The minimum absolute atomic E-state index is 0.0244. The Hall–Kier alpha value is -2.82.